The highest BCUT2D eigenvalue weighted by Crippen LogP contribution is 2.29. The predicted molar refractivity (Wildman–Crippen MR) is 73.9 cm³/mol. The van der Waals surface area contributed by atoms with E-state index in [0.29, 0.717) is 5.92 Å². The zero-order valence-corrected chi connectivity index (χ0v) is 11.3. The molecular weight excluding hydrogens is 238 g/mol. The minimum absolute atomic E-state index is 0.0510. The highest BCUT2D eigenvalue weighted by Gasteiger charge is 2.27. The van der Waals surface area contributed by atoms with Crippen molar-refractivity contribution in [3.63, 3.8) is 0 Å². The number of aryl methyl sites for hydroxylation is 1. The number of carbonyl (C=O) groups excluding carboxylic acids is 1. The van der Waals surface area contributed by atoms with E-state index in [1.807, 2.05) is 11.1 Å². The molecule has 2 aliphatic rings. The van der Waals surface area contributed by atoms with Crippen molar-refractivity contribution in [1.29, 1.82) is 0 Å². The number of aromatic nitrogens is 2. The Hall–Kier alpha value is -1.58. The summed E-state index contributed by atoms with van der Waals surface area (Å²) in [4.78, 5) is 18.3. The average Bonchev–Trinajstić information content (AvgIpc) is 2.90. The zero-order chi connectivity index (χ0) is 13.2. The first kappa shape index (κ1) is 12.5. The number of piperidine rings is 1. The number of carbonyl (C=O) groups is 1. The zero-order valence-electron chi connectivity index (χ0n) is 11.3. The van der Waals surface area contributed by atoms with Crippen molar-refractivity contribution >= 4 is 5.91 Å². The lowest BCUT2D eigenvalue weighted by Gasteiger charge is -2.32. The maximum absolute atomic E-state index is 11.8. The van der Waals surface area contributed by atoms with Crippen LogP contribution >= 0.6 is 0 Å². The molecule has 0 unspecified atom stereocenters. The Morgan fingerprint density at radius 2 is 2.26 bits per heavy atom. The van der Waals surface area contributed by atoms with Gasteiger partial charge >= 0.3 is 0 Å². The van der Waals surface area contributed by atoms with Crippen molar-refractivity contribution in [3.05, 3.63) is 30.4 Å². The number of hydrogen-bond donors (Lipinski definition) is 0. The van der Waals surface area contributed by atoms with Gasteiger partial charge in [0.1, 0.15) is 5.82 Å². The van der Waals surface area contributed by atoms with Crippen LogP contribution in [-0.2, 0) is 17.8 Å². The summed E-state index contributed by atoms with van der Waals surface area (Å²) in [5, 5.41) is 0. The predicted octanol–water partition coefficient (Wildman–Crippen LogP) is 2.11. The van der Waals surface area contributed by atoms with E-state index < -0.39 is 0 Å². The van der Waals surface area contributed by atoms with E-state index in [2.05, 4.69) is 16.1 Å². The number of amides is 1. The standard InChI is InChI=1S/C15H21N3O/c1-2-14(19)17-8-5-6-12(11-17)15-16-10-13-7-3-4-9-18(13)15/h2,10,12H,1,3-9,11H2/t12-/m1/s1. The van der Waals surface area contributed by atoms with Crippen LogP contribution in [0.4, 0.5) is 0 Å². The summed E-state index contributed by atoms with van der Waals surface area (Å²) in [6, 6.07) is 0. The summed E-state index contributed by atoms with van der Waals surface area (Å²) in [6.45, 7) is 6.32. The fourth-order valence-electron chi connectivity index (χ4n) is 3.30. The van der Waals surface area contributed by atoms with Gasteiger partial charge in [-0.05, 0) is 38.2 Å². The molecule has 4 heteroatoms. The van der Waals surface area contributed by atoms with Crippen LogP contribution in [0.2, 0.25) is 0 Å². The van der Waals surface area contributed by atoms with E-state index in [4.69, 9.17) is 0 Å². The van der Waals surface area contributed by atoms with Gasteiger partial charge in [0.2, 0.25) is 5.91 Å². The summed E-state index contributed by atoms with van der Waals surface area (Å²) in [5.74, 6) is 1.64. The fraction of sp³-hybridized carbons (Fsp3) is 0.600. The SMILES string of the molecule is C=CC(=O)N1CCC[C@@H](c2ncc3n2CCCC3)C1. The highest BCUT2D eigenvalue weighted by molar-refractivity contribution is 5.87. The minimum Gasteiger partial charge on any atom is -0.338 e. The minimum atomic E-state index is 0.0510. The summed E-state index contributed by atoms with van der Waals surface area (Å²) in [6.07, 6.45) is 9.32. The van der Waals surface area contributed by atoms with Crippen LogP contribution < -0.4 is 0 Å². The third kappa shape index (κ3) is 2.31. The summed E-state index contributed by atoms with van der Waals surface area (Å²) in [5.41, 5.74) is 1.37. The molecule has 1 atom stereocenters. The molecule has 4 nitrogen and oxygen atoms in total. The van der Waals surface area contributed by atoms with Gasteiger partial charge in [-0.2, -0.15) is 0 Å². The molecule has 3 rings (SSSR count). The Kier molecular flexibility index (Phi) is 3.40. The van der Waals surface area contributed by atoms with Crippen molar-refractivity contribution in [2.75, 3.05) is 13.1 Å². The highest BCUT2D eigenvalue weighted by atomic mass is 16.2. The molecule has 1 amide bonds. The normalized spacial score (nSPS) is 22.9. The largest absolute Gasteiger partial charge is 0.338 e. The molecule has 0 aliphatic carbocycles. The van der Waals surface area contributed by atoms with Crippen molar-refractivity contribution < 1.29 is 4.79 Å². The van der Waals surface area contributed by atoms with Crippen LogP contribution in [0.1, 0.15) is 43.1 Å². The summed E-state index contributed by atoms with van der Waals surface area (Å²) >= 11 is 0. The first-order valence-electron chi connectivity index (χ1n) is 7.25. The number of imidazole rings is 1. The van der Waals surface area contributed by atoms with E-state index in [0.717, 1.165) is 38.9 Å². The van der Waals surface area contributed by atoms with E-state index in [-0.39, 0.29) is 5.91 Å². The Morgan fingerprint density at radius 3 is 3.11 bits per heavy atom. The molecule has 19 heavy (non-hydrogen) atoms. The number of likely N-dealkylation sites (tertiary alicyclic amines) is 1. The van der Waals surface area contributed by atoms with Gasteiger partial charge in [-0.25, -0.2) is 4.98 Å². The Balaban J connectivity index is 1.80. The smallest absolute Gasteiger partial charge is 0.245 e. The van der Waals surface area contributed by atoms with Gasteiger partial charge in [-0.1, -0.05) is 6.58 Å². The maximum Gasteiger partial charge on any atom is 0.245 e. The lowest BCUT2D eigenvalue weighted by atomic mass is 9.96. The lowest BCUT2D eigenvalue weighted by Crippen LogP contribution is -2.39. The quantitative estimate of drug-likeness (QED) is 0.763. The van der Waals surface area contributed by atoms with Crippen LogP contribution in [-0.4, -0.2) is 33.4 Å². The van der Waals surface area contributed by atoms with Crippen molar-refractivity contribution in [1.82, 2.24) is 14.5 Å². The number of rotatable bonds is 2. The van der Waals surface area contributed by atoms with Gasteiger partial charge in [0.25, 0.3) is 0 Å². The van der Waals surface area contributed by atoms with Crippen molar-refractivity contribution in [3.8, 4) is 0 Å². The molecule has 1 aromatic heterocycles. The van der Waals surface area contributed by atoms with E-state index in [1.165, 1.54) is 30.4 Å². The van der Waals surface area contributed by atoms with Gasteiger partial charge in [0.15, 0.2) is 0 Å². The average molecular weight is 259 g/mol. The second-order valence-corrected chi connectivity index (χ2v) is 5.54. The molecule has 0 radical (unpaired) electrons. The van der Waals surface area contributed by atoms with Gasteiger partial charge in [-0.15, -0.1) is 0 Å². The molecule has 2 aliphatic heterocycles. The molecule has 102 valence electrons. The summed E-state index contributed by atoms with van der Waals surface area (Å²) < 4.78 is 2.38. The molecule has 0 N–H and O–H groups in total. The fourth-order valence-corrected chi connectivity index (χ4v) is 3.30. The van der Waals surface area contributed by atoms with E-state index in [1.54, 1.807) is 0 Å². The molecule has 0 bridgehead atoms. The third-order valence-electron chi connectivity index (χ3n) is 4.31. The van der Waals surface area contributed by atoms with E-state index in [9.17, 15) is 4.79 Å². The van der Waals surface area contributed by atoms with Gasteiger partial charge in [-0.3, -0.25) is 4.79 Å². The molecule has 1 aromatic rings. The van der Waals surface area contributed by atoms with Gasteiger partial charge in [0, 0.05) is 37.4 Å². The second kappa shape index (κ2) is 5.19. The molecule has 0 saturated carbocycles. The van der Waals surface area contributed by atoms with Gasteiger partial charge in [0.05, 0.1) is 0 Å². The molecule has 3 heterocycles. The van der Waals surface area contributed by atoms with Crippen LogP contribution in [0.15, 0.2) is 18.9 Å². The molecule has 0 spiro atoms. The first-order valence-corrected chi connectivity index (χ1v) is 7.25. The number of nitrogens with zero attached hydrogens (tertiary/aromatic N) is 3. The van der Waals surface area contributed by atoms with Crippen molar-refractivity contribution in [2.45, 2.75) is 44.6 Å². The number of fused-ring (bicyclic) bond motifs is 1. The Labute approximate surface area is 114 Å². The van der Waals surface area contributed by atoms with Crippen LogP contribution in [0.25, 0.3) is 0 Å². The molecular formula is C15H21N3O. The topological polar surface area (TPSA) is 38.1 Å². The Morgan fingerprint density at radius 1 is 1.37 bits per heavy atom. The van der Waals surface area contributed by atoms with E-state index >= 15 is 0 Å². The lowest BCUT2D eigenvalue weighted by molar-refractivity contribution is -0.127. The van der Waals surface area contributed by atoms with Crippen molar-refractivity contribution in [2.24, 2.45) is 0 Å². The molecule has 1 fully saturated rings. The van der Waals surface area contributed by atoms with Gasteiger partial charge < -0.3 is 9.47 Å². The number of hydrogen-bond acceptors (Lipinski definition) is 2. The van der Waals surface area contributed by atoms with Crippen LogP contribution in [0, 0.1) is 0 Å². The van der Waals surface area contributed by atoms with Crippen LogP contribution in [0.3, 0.4) is 0 Å². The maximum atomic E-state index is 11.8. The first-order chi connectivity index (χ1) is 9.29. The summed E-state index contributed by atoms with van der Waals surface area (Å²) in [7, 11) is 0. The Bertz CT molecular complexity index is 492. The molecule has 0 aromatic carbocycles. The molecule has 1 saturated heterocycles. The third-order valence-corrected chi connectivity index (χ3v) is 4.31. The monoisotopic (exact) mass is 259 g/mol. The van der Waals surface area contributed by atoms with Crippen LogP contribution in [0.5, 0.6) is 0 Å². The second-order valence-electron chi connectivity index (χ2n) is 5.54.